The maximum absolute atomic E-state index is 12.8. The molecule has 0 bridgehead atoms. The van der Waals surface area contributed by atoms with Crippen molar-refractivity contribution in [3.63, 3.8) is 0 Å². The van der Waals surface area contributed by atoms with Crippen LogP contribution in [0.3, 0.4) is 0 Å². The second-order valence-corrected chi connectivity index (χ2v) is 6.57. The van der Waals surface area contributed by atoms with E-state index in [1.54, 1.807) is 48.5 Å². The van der Waals surface area contributed by atoms with Gasteiger partial charge in [0.15, 0.2) is 6.61 Å². The molecule has 1 heterocycles. The number of amides is 1. The van der Waals surface area contributed by atoms with E-state index < -0.39 is 0 Å². The summed E-state index contributed by atoms with van der Waals surface area (Å²) in [5.74, 6) is 1.70. The monoisotopic (exact) mass is 415 g/mol. The molecular weight excluding hydrogens is 394 g/mol. The van der Waals surface area contributed by atoms with E-state index in [9.17, 15) is 4.79 Å². The molecule has 0 aliphatic rings. The molecule has 1 aromatic heterocycles. The number of para-hydroxylation sites is 1. The largest absolute Gasteiger partial charge is 0.494 e. The molecule has 0 saturated carbocycles. The lowest BCUT2D eigenvalue weighted by molar-refractivity contribution is 0.102. The van der Waals surface area contributed by atoms with Crippen LogP contribution in [0.25, 0.3) is 11.4 Å². The van der Waals surface area contributed by atoms with E-state index in [0.29, 0.717) is 35.3 Å². The van der Waals surface area contributed by atoms with Crippen molar-refractivity contribution in [3.05, 3.63) is 90.3 Å². The molecule has 0 radical (unpaired) electrons. The highest BCUT2D eigenvalue weighted by molar-refractivity contribution is 6.06. The number of nitrogens with zero attached hydrogens (tertiary/aromatic N) is 2. The van der Waals surface area contributed by atoms with Crippen LogP contribution in [-0.2, 0) is 6.61 Å². The van der Waals surface area contributed by atoms with E-state index in [-0.39, 0.29) is 12.5 Å². The van der Waals surface area contributed by atoms with Gasteiger partial charge in [0.2, 0.25) is 5.82 Å². The molecule has 0 unspecified atom stereocenters. The third-order valence-electron chi connectivity index (χ3n) is 4.41. The number of anilines is 1. The Bertz CT molecular complexity index is 1140. The van der Waals surface area contributed by atoms with Crippen molar-refractivity contribution < 1.29 is 18.8 Å². The Hall–Kier alpha value is -4.13. The minimum atomic E-state index is -0.282. The zero-order chi connectivity index (χ0) is 21.5. The molecule has 0 fully saturated rings. The molecule has 0 aliphatic heterocycles. The Labute approximate surface area is 179 Å². The summed E-state index contributed by atoms with van der Waals surface area (Å²) < 4.78 is 16.5. The summed E-state index contributed by atoms with van der Waals surface area (Å²) in [4.78, 5) is 17.1. The number of nitrogens with one attached hydrogen (secondary N) is 1. The van der Waals surface area contributed by atoms with Crippen LogP contribution >= 0.6 is 0 Å². The van der Waals surface area contributed by atoms with Crippen molar-refractivity contribution >= 4 is 11.6 Å². The summed E-state index contributed by atoms with van der Waals surface area (Å²) in [5, 5.41) is 6.84. The number of carbonyl (C=O) groups excluding carboxylic acids is 1. The highest BCUT2D eigenvalue weighted by atomic mass is 16.5. The summed E-state index contributed by atoms with van der Waals surface area (Å²) >= 11 is 0. The zero-order valence-corrected chi connectivity index (χ0v) is 16.9. The molecule has 3 aromatic carbocycles. The van der Waals surface area contributed by atoms with Gasteiger partial charge < -0.3 is 19.3 Å². The first-order valence-corrected chi connectivity index (χ1v) is 9.87. The Kier molecular flexibility index (Phi) is 6.23. The van der Waals surface area contributed by atoms with Crippen molar-refractivity contribution in [2.75, 3.05) is 11.9 Å². The van der Waals surface area contributed by atoms with Crippen LogP contribution in [0.2, 0.25) is 0 Å². The van der Waals surface area contributed by atoms with Crippen molar-refractivity contribution in [2.45, 2.75) is 13.5 Å². The van der Waals surface area contributed by atoms with E-state index in [4.69, 9.17) is 14.0 Å². The quantitative estimate of drug-likeness (QED) is 0.437. The summed E-state index contributed by atoms with van der Waals surface area (Å²) in [6.07, 6.45) is 0. The number of carbonyl (C=O) groups is 1. The molecule has 31 heavy (non-hydrogen) atoms. The van der Waals surface area contributed by atoms with Gasteiger partial charge in [-0.2, -0.15) is 4.98 Å². The third kappa shape index (κ3) is 5.08. The van der Waals surface area contributed by atoms with Gasteiger partial charge in [0.05, 0.1) is 12.2 Å². The van der Waals surface area contributed by atoms with Crippen LogP contribution < -0.4 is 14.8 Å². The summed E-state index contributed by atoms with van der Waals surface area (Å²) in [6, 6.07) is 23.7. The molecule has 7 heteroatoms. The lowest BCUT2D eigenvalue weighted by Gasteiger charge is -2.11. The van der Waals surface area contributed by atoms with E-state index in [2.05, 4.69) is 15.5 Å². The molecule has 1 amide bonds. The molecular formula is C24H21N3O4. The summed E-state index contributed by atoms with van der Waals surface area (Å²) in [5.41, 5.74) is 1.92. The Morgan fingerprint density at radius 1 is 0.935 bits per heavy atom. The Morgan fingerprint density at radius 2 is 1.68 bits per heavy atom. The number of aromatic nitrogens is 2. The predicted octanol–water partition coefficient (Wildman–Crippen LogP) is 4.97. The number of benzene rings is 3. The highest BCUT2D eigenvalue weighted by Crippen LogP contribution is 2.23. The number of hydrogen-bond acceptors (Lipinski definition) is 6. The van der Waals surface area contributed by atoms with Gasteiger partial charge in [-0.3, -0.25) is 4.79 Å². The van der Waals surface area contributed by atoms with Gasteiger partial charge in [-0.05, 0) is 43.3 Å². The first kappa shape index (κ1) is 20.2. The first-order chi connectivity index (χ1) is 15.2. The average molecular weight is 415 g/mol. The molecule has 4 rings (SSSR count). The molecule has 1 N–H and O–H groups in total. The molecule has 0 spiro atoms. The van der Waals surface area contributed by atoms with Crippen LogP contribution in [0.1, 0.15) is 23.2 Å². The SMILES string of the molecule is CCOc1ccc(NC(=O)c2ccccc2OCc2nc(-c3ccccc3)no2)cc1. The van der Waals surface area contributed by atoms with Crippen LogP contribution in [0, 0.1) is 0 Å². The lowest BCUT2D eigenvalue weighted by Crippen LogP contribution is -2.13. The molecule has 4 aromatic rings. The summed E-state index contributed by atoms with van der Waals surface area (Å²) in [6.45, 7) is 2.56. The van der Waals surface area contributed by atoms with Crippen LogP contribution in [0.5, 0.6) is 11.5 Å². The third-order valence-corrected chi connectivity index (χ3v) is 4.41. The number of rotatable bonds is 8. The van der Waals surface area contributed by atoms with E-state index in [1.165, 1.54) is 0 Å². The smallest absolute Gasteiger partial charge is 0.264 e. The Morgan fingerprint density at radius 3 is 2.45 bits per heavy atom. The second kappa shape index (κ2) is 9.58. The number of hydrogen-bond donors (Lipinski definition) is 1. The van der Waals surface area contributed by atoms with E-state index >= 15 is 0 Å². The molecule has 0 aliphatic carbocycles. The van der Waals surface area contributed by atoms with E-state index in [1.807, 2.05) is 37.3 Å². The molecule has 0 atom stereocenters. The second-order valence-electron chi connectivity index (χ2n) is 6.57. The van der Waals surface area contributed by atoms with Gasteiger partial charge in [0, 0.05) is 11.3 Å². The van der Waals surface area contributed by atoms with Crippen molar-refractivity contribution in [1.82, 2.24) is 10.1 Å². The van der Waals surface area contributed by atoms with Crippen molar-refractivity contribution in [2.24, 2.45) is 0 Å². The van der Waals surface area contributed by atoms with Gasteiger partial charge in [-0.1, -0.05) is 47.6 Å². The van der Waals surface area contributed by atoms with Crippen LogP contribution in [-0.4, -0.2) is 22.7 Å². The van der Waals surface area contributed by atoms with Crippen LogP contribution in [0.4, 0.5) is 5.69 Å². The maximum Gasteiger partial charge on any atom is 0.264 e. The van der Waals surface area contributed by atoms with Crippen molar-refractivity contribution in [3.8, 4) is 22.9 Å². The fourth-order valence-corrected chi connectivity index (χ4v) is 2.94. The standard InChI is InChI=1S/C24H21N3O4/c1-2-29-19-14-12-18(13-15-19)25-24(28)20-10-6-7-11-21(20)30-16-22-26-23(27-31-22)17-8-4-3-5-9-17/h3-15H,2,16H2,1H3,(H,25,28). The highest BCUT2D eigenvalue weighted by Gasteiger charge is 2.15. The number of ether oxygens (including phenoxy) is 2. The van der Waals surface area contributed by atoms with Gasteiger partial charge >= 0.3 is 0 Å². The van der Waals surface area contributed by atoms with Gasteiger partial charge in [-0.25, -0.2) is 0 Å². The fourth-order valence-electron chi connectivity index (χ4n) is 2.94. The topological polar surface area (TPSA) is 86.5 Å². The minimum absolute atomic E-state index is 0.0488. The van der Waals surface area contributed by atoms with Crippen molar-refractivity contribution in [1.29, 1.82) is 0 Å². The normalized spacial score (nSPS) is 10.5. The summed E-state index contributed by atoms with van der Waals surface area (Å²) in [7, 11) is 0. The minimum Gasteiger partial charge on any atom is -0.494 e. The first-order valence-electron chi connectivity index (χ1n) is 9.87. The Balaban J connectivity index is 1.42. The fraction of sp³-hybridized carbons (Fsp3) is 0.125. The average Bonchev–Trinajstić information content (AvgIpc) is 3.29. The maximum atomic E-state index is 12.8. The zero-order valence-electron chi connectivity index (χ0n) is 16.9. The predicted molar refractivity (Wildman–Crippen MR) is 116 cm³/mol. The lowest BCUT2D eigenvalue weighted by atomic mass is 10.2. The van der Waals surface area contributed by atoms with Gasteiger partial charge in [0.1, 0.15) is 11.5 Å². The molecule has 0 saturated heterocycles. The molecule has 156 valence electrons. The van der Waals surface area contributed by atoms with Crippen LogP contribution in [0.15, 0.2) is 83.4 Å². The van der Waals surface area contributed by atoms with Gasteiger partial charge in [0.25, 0.3) is 11.8 Å². The van der Waals surface area contributed by atoms with E-state index in [0.717, 1.165) is 11.3 Å². The molecule has 7 nitrogen and oxygen atoms in total. The van der Waals surface area contributed by atoms with Gasteiger partial charge in [-0.15, -0.1) is 0 Å².